The van der Waals surface area contributed by atoms with Gasteiger partial charge in [0.1, 0.15) is 5.69 Å². The van der Waals surface area contributed by atoms with Crippen LogP contribution in [-0.2, 0) is 11.3 Å². The lowest BCUT2D eigenvalue weighted by Crippen LogP contribution is -2.50. The maximum absolute atomic E-state index is 12.9. The van der Waals surface area contributed by atoms with Crippen molar-refractivity contribution in [1.82, 2.24) is 20.0 Å². The van der Waals surface area contributed by atoms with Gasteiger partial charge in [-0.1, -0.05) is 12.8 Å². The number of aromatic nitrogens is 2. The Kier molecular flexibility index (Phi) is 3.03. The van der Waals surface area contributed by atoms with Crippen molar-refractivity contribution in [2.75, 3.05) is 13.1 Å². The Hall–Kier alpha value is -1.85. The minimum absolute atomic E-state index is 0.0133. The minimum atomic E-state index is -0.332. The molecule has 0 radical (unpaired) electrons. The Labute approximate surface area is 129 Å². The Morgan fingerprint density at radius 2 is 2.36 bits per heavy atom. The van der Waals surface area contributed by atoms with Gasteiger partial charge in [-0.25, -0.2) is 0 Å². The second-order valence-corrected chi connectivity index (χ2v) is 6.72. The first kappa shape index (κ1) is 13.8. The molecule has 3 atom stereocenters. The van der Waals surface area contributed by atoms with E-state index < -0.39 is 0 Å². The second-order valence-electron chi connectivity index (χ2n) is 6.72. The standard InChI is InChI=1S/C16H22N4O2/c1-2-19-8-6-12(18-19)14(21)20-10-11-9-17-15(22)16(11)7-4-3-5-13(16)20/h6,8,11,13H,2-5,7,9-10H2,1H3,(H,17,22)/t11-,13-,16-/m1/s1. The molecule has 6 heteroatoms. The third-order valence-corrected chi connectivity index (χ3v) is 5.81. The molecule has 1 aromatic heterocycles. The summed E-state index contributed by atoms with van der Waals surface area (Å²) in [7, 11) is 0. The molecule has 3 aliphatic rings. The summed E-state index contributed by atoms with van der Waals surface area (Å²) in [5, 5.41) is 7.37. The molecule has 2 amide bonds. The lowest BCUT2D eigenvalue weighted by atomic mass is 9.67. The van der Waals surface area contributed by atoms with Crippen LogP contribution in [-0.4, -0.2) is 45.6 Å². The highest BCUT2D eigenvalue weighted by molar-refractivity contribution is 5.95. The Bertz CT molecular complexity index is 625. The fourth-order valence-corrected chi connectivity index (χ4v) is 4.72. The molecule has 1 saturated carbocycles. The van der Waals surface area contributed by atoms with Gasteiger partial charge in [0.05, 0.1) is 5.41 Å². The first-order valence-electron chi connectivity index (χ1n) is 8.29. The van der Waals surface area contributed by atoms with E-state index in [-0.39, 0.29) is 29.2 Å². The molecule has 1 aliphatic carbocycles. The molecule has 4 rings (SSSR count). The number of hydrogen-bond acceptors (Lipinski definition) is 3. The number of rotatable bonds is 2. The highest BCUT2D eigenvalue weighted by Crippen LogP contribution is 2.52. The van der Waals surface area contributed by atoms with Crippen LogP contribution in [0.4, 0.5) is 0 Å². The maximum atomic E-state index is 12.9. The summed E-state index contributed by atoms with van der Waals surface area (Å²) in [5.41, 5.74) is 0.171. The van der Waals surface area contributed by atoms with Crippen molar-refractivity contribution in [2.45, 2.75) is 45.2 Å². The maximum Gasteiger partial charge on any atom is 0.274 e. The van der Waals surface area contributed by atoms with Crippen molar-refractivity contribution in [3.8, 4) is 0 Å². The van der Waals surface area contributed by atoms with E-state index in [2.05, 4.69) is 10.4 Å². The molecule has 0 unspecified atom stereocenters. The van der Waals surface area contributed by atoms with Crippen LogP contribution >= 0.6 is 0 Å². The van der Waals surface area contributed by atoms with Crippen molar-refractivity contribution in [3.63, 3.8) is 0 Å². The first-order chi connectivity index (χ1) is 10.7. The quantitative estimate of drug-likeness (QED) is 0.887. The zero-order valence-electron chi connectivity index (χ0n) is 12.9. The molecular formula is C16H22N4O2. The third-order valence-electron chi connectivity index (χ3n) is 5.81. The third kappa shape index (κ3) is 1.69. The summed E-state index contributed by atoms with van der Waals surface area (Å²) in [6, 6.07) is 1.84. The van der Waals surface area contributed by atoms with Crippen LogP contribution in [0.2, 0.25) is 0 Å². The lowest BCUT2D eigenvalue weighted by Gasteiger charge is -2.39. The van der Waals surface area contributed by atoms with E-state index in [1.807, 2.05) is 18.0 Å². The number of hydrogen-bond donors (Lipinski definition) is 1. The summed E-state index contributed by atoms with van der Waals surface area (Å²) in [5.74, 6) is 0.416. The Morgan fingerprint density at radius 1 is 1.50 bits per heavy atom. The molecule has 0 bridgehead atoms. The van der Waals surface area contributed by atoms with E-state index in [4.69, 9.17) is 0 Å². The SMILES string of the molecule is CCn1ccc(C(=O)N2C[C@H]3CNC(=O)[C@]34CCCC[C@@H]24)n1. The number of nitrogens with zero attached hydrogens (tertiary/aromatic N) is 3. The second kappa shape index (κ2) is 4.83. The van der Waals surface area contributed by atoms with Crippen molar-refractivity contribution in [1.29, 1.82) is 0 Å². The molecule has 2 saturated heterocycles. The van der Waals surface area contributed by atoms with Crippen LogP contribution in [0.15, 0.2) is 12.3 Å². The molecule has 0 aromatic carbocycles. The highest BCUT2D eigenvalue weighted by Gasteiger charge is 2.63. The summed E-state index contributed by atoms with van der Waals surface area (Å²) in [6.45, 7) is 4.15. The molecule has 118 valence electrons. The van der Waals surface area contributed by atoms with Gasteiger partial charge in [-0.3, -0.25) is 14.3 Å². The van der Waals surface area contributed by atoms with E-state index in [1.165, 1.54) is 0 Å². The molecule has 6 nitrogen and oxygen atoms in total. The zero-order valence-corrected chi connectivity index (χ0v) is 12.9. The average Bonchev–Trinajstić information content (AvgIpc) is 3.21. The Balaban J connectivity index is 1.66. The first-order valence-corrected chi connectivity index (χ1v) is 8.29. The predicted octanol–water partition coefficient (Wildman–Crippen LogP) is 1.03. The van der Waals surface area contributed by atoms with Gasteiger partial charge in [-0.2, -0.15) is 5.10 Å². The van der Waals surface area contributed by atoms with Gasteiger partial charge in [0.25, 0.3) is 5.91 Å². The van der Waals surface area contributed by atoms with Gasteiger partial charge in [0, 0.05) is 37.8 Å². The predicted molar refractivity (Wildman–Crippen MR) is 80.1 cm³/mol. The molecule has 2 aliphatic heterocycles. The van der Waals surface area contributed by atoms with Crippen LogP contribution in [0.25, 0.3) is 0 Å². The summed E-state index contributed by atoms with van der Waals surface area (Å²) in [4.78, 5) is 27.3. The smallest absolute Gasteiger partial charge is 0.274 e. The van der Waals surface area contributed by atoms with E-state index in [1.54, 1.807) is 10.7 Å². The van der Waals surface area contributed by atoms with Gasteiger partial charge in [-0.15, -0.1) is 0 Å². The Morgan fingerprint density at radius 3 is 3.14 bits per heavy atom. The van der Waals surface area contributed by atoms with Gasteiger partial charge in [0.2, 0.25) is 5.91 Å². The summed E-state index contributed by atoms with van der Waals surface area (Å²) >= 11 is 0. The fraction of sp³-hybridized carbons (Fsp3) is 0.688. The van der Waals surface area contributed by atoms with E-state index in [0.29, 0.717) is 18.8 Å². The monoisotopic (exact) mass is 302 g/mol. The molecule has 22 heavy (non-hydrogen) atoms. The number of amides is 2. The van der Waals surface area contributed by atoms with Gasteiger partial charge in [0.15, 0.2) is 0 Å². The highest BCUT2D eigenvalue weighted by atomic mass is 16.2. The summed E-state index contributed by atoms with van der Waals surface area (Å²) < 4.78 is 1.77. The van der Waals surface area contributed by atoms with E-state index >= 15 is 0 Å². The van der Waals surface area contributed by atoms with Crippen LogP contribution in [0.5, 0.6) is 0 Å². The van der Waals surface area contributed by atoms with E-state index in [0.717, 1.165) is 32.2 Å². The number of carbonyl (C=O) groups is 2. The topological polar surface area (TPSA) is 67.2 Å². The molecule has 3 heterocycles. The lowest BCUT2D eigenvalue weighted by molar-refractivity contribution is -0.131. The largest absolute Gasteiger partial charge is 0.355 e. The zero-order chi connectivity index (χ0) is 15.3. The van der Waals surface area contributed by atoms with Crippen LogP contribution in [0.3, 0.4) is 0 Å². The van der Waals surface area contributed by atoms with Crippen molar-refractivity contribution in [2.24, 2.45) is 11.3 Å². The molecule has 1 N–H and O–H groups in total. The van der Waals surface area contributed by atoms with Gasteiger partial charge >= 0.3 is 0 Å². The average molecular weight is 302 g/mol. The van der Waals surface area contributed by atoms with Crippen molar-refractivity contribution >= 4 is 11.8 Å². The molecule has 3 fully saturated rings. The number of aryl methyl sites for hydroxylation is 1. The van der Waals surface area contributed by atoms with Gasteiger partial charge < -0.3 is 10.2 Å². The van der Waals surface area contributed by atoms with Crippen LogP contribution in [0, 0.1) is 11.3 Å². The number of likely N-dealkylation sites (tertiary alicyclic amines) is 1. The normalized spacial score (nSPS) is 33.5. The van der Waals surface area contributed by atoms with Crippen molar-refractivity contribution < 1.29 is 9.59 Å². The molecule has 1 spiro atoms. The summed E-state index contributed by atoms with van der Waals surface area (Å²) in [6.07, 6.45) is 5.88. The van der Waals surface area contributed by atoms with Crippen LogP contribution in [0.1, 0.15) is 43.1 Å². The minimum Gasteiger partial charge on any atom is -0.355 e. The number of nitrogens with one attached hydrogen (secondary N) is 1. The van der Waals surface area contributed by atoms with Crippen molar-refractivity contribution in [3.05, 3.63) is 18.0 Å². The van der Waals surface area contributed by atoms with Crippen LogP contribution < -0.4 is 5.32 Å². The van der Waals surface area contributed by atoms with Gasteiger partial charge in [-0.05, 0) is 25.8 Å². The molecular weight excluding hydrogens is 280 g/mol. The fourth-order valence-electron chi connectivity index (χ4n) is 4.72. The molecule has 1 aromatic rings. The van der Waals surface area contributed by atoms with E-state index in [9.17, 15) is 9.59 Å². The number of carbonyl (C=O) groups excluding carboxylic acids is 2.